The van der Waals surface area contributed by atoms with Gasteiger partial charge in [0.05, 0.1) is 0 Å². The zero-order valence-electron chi connectivity index (χ0n) is 10.9. The molecule has 0 aliphatic heterocycles. The van der Waals surface area contributed by atoms with Gasteiger partial charge in [-0.05, 0) is 6.42 Å². The molecule has 2 amide bonds. The molecule has 0 fully saturated rings. The van der Waals surface area contributed by atoms with Gasteiger partial charge in [0.2, 0.25) is 11.8 Å². The zero-order chi connectivity index (χ0) is 14.0. The molecule has 104 valence electrons. The molecule has 0 aromatic heterocycles. The van der Waals surface area contributed by atoms with Gasteiger partial charge in [-0.25, -0.2) is 0 Å². The molecule has 0 heterocycles. The van der Waals surface area contributed by atoms with E-state index in [9.17, 15) is 9.59 Å². The Balaban J connectivity index is 3.92. The third kappa shape index (κ3) is 6.50. The molecule has 0 aromatic rings. The minimum atomic E-state index is -2.57. The van der Waals surface area contributed by atoms with E-state index < -0.39 is 14.7 Å². The zero-order valence-corrected chi connectivity index (χ0v) is 11.9. The number of hydrogen-bond donors (Lipinski definition) is 2. The van der Waals surface area contributed by atoms with Crippen molar-refractivity contribution in [1.29, 1.82) is 0 Å². The number of carbonyl (C=O) groups is 2. The van der Waals surface area contributed by atoms with Crippen LogP contribution in [0.4, 0.5) is 0 Å². The first-order chi connectivity index (χ1) is 8.49. The third-order valence-corrected chi connectivity index (χ3v) is 5.12. The van der Waals surface area contributed by atoms with Crippen molar-refractivity contribution < 1.29 is 22.9 Å². The van der Waals surface area contributed by atoms with Gasteiger partial charge in [0, 0.05) is 46.1 Å². The van der Waals surface area contributed by atoms with Crippen LogP contribution in [-0.2, 0) is 22.9 Å². The number of rotatable bonds is 9. The van der Waals surface area contributed by atoms with Crippen LogP contribution in [-0.4, -0.2) is 48.5 Å². The molecule has 0 aliphatic carbocycles. The maximum atomic E-state index is 11.2. The first-order valence-electron chi connectivity index (χ1n) is 5.40. The van der Waals surface area contributed by atoms with Gasteiger partial charge in [0.1, 0.15) is 0 Å². The fourth-order valence-electron chi connectivity index (χ4n) is 1.29. The lowest BCUT2D eigenvalue weighted by molar-refractivity contribution is -0.117. The summed E-state index contributed by atoms with van der Waals surface area (Å²) >= 11 is 0. The monoisotopic (exact) mass is 276 g/mol. The van der Waals surface area contributed by atoms with Crippen molar-refractivity contribution >= 4 is 20.6 Å². The number of hydrogen-bond acceptors (Lipinski definition) is 5. The molecule has 0 spiro atoms. The highest BCUT2D eigenvalue weighted by atomic mass is 28.4. The van der Waals surface area contributed by atoms with Crippen LogP contribution in [0.15, 0.2) is 12.2 Å². The van der Waals surface area contributed by atoms with E-state index in [0.29, 0.717) is 19.0 Å². The predicted octanol–water partition coefficient (Wildman–Crippen LogP) is -0.588. The van der Waals surface area contributed by atoms with Crippen molar-refractivity contribution in [3.05, 3.63) is 12.2 Å². The molecule has 0 unspecified atom stereocenters. The fraction of sp³-hybridized carbons (Fsp3) is 0.600. The number of nitrogens with one attached hydrogen (secondary N) is 1. The summed E-state index contributed by atoms with van der Waals surface area (Å²) < 4.78 is 15.7. The second kappa shape index (κ2) is 8.81. The minimum Gasteiger partial charge on any atom is -0.377 e. The van der Waals surface area contributed by atoms with Gasteiger partial charge in [-0.15, -0.1) is 0 Å². The molecule has 0 aromatic carbocycles. The lowest BCUT2D eigenvalue weighted by Gasteiger charge is -2.24. The van der Waals surface area contributed by atoms with E-state index in [0.717, 1.165) is 12.2 Å². The lowest BCUT2D eigenvalue weighted by Crippen LogP contribution is -2.43. The van der Waals surface area contributed by atoms with Crippen molar-refractivity contribution in [3.8, 4) is 0 Å². The maximum absolute atomic E-state index is 11.2. The van der Waals surface area contributed by atoms with E-state index in [1.807, 2.05) is 0 Å². The molecule has 7 nitrogen and oxygen atoms in total. The third-order valence-electron chi connectivity index (χ3n) is 2.29. The van der Waals surface area contributed by atoms with Crippen molar-refractivity contribution in [3.63, 3.8) is 0 Å². The molecule has 3 N–H and O–H groups in total. The van der Waals surface area contributed by atoms with Crippen LogP contribution >= 0.6 is 0 Å². The first-order valence-corrected chi connectivity index (χ1v) is 7.33. The normalized spacial score (nSPS) is 11.7. The largest absolute Gasteiger partial charge is 0.500 e. The fourth-order valence-corrected chi connectivity index (χ4v) is 3.01. The highest BCUT2D eigenvalue weighted by Gasteiger charge is 2.36. The van der Waals surface area contributed by atoms with Crippen molar-refractivity contribution in [1.82, 2.24) is 5.32 Å². The summed E-state index contributed by atoms with van der Waals surface area (Å²) in [5.41, 5.74) is 4.86. The maximum Gasteiger partial charge on any atom is 0.500 e. The first kappa shape index (κ1) is 16.8. The molecule has 18 heavy (non-hydrogen) atoms. The van der Waals surface area contributed by atoms with Crippen molar-refractivity contribution in [2.75, 3.05) is 27.9 Å². The van der Waals surface area contributed by atoms with Crippen LogP contribution < -0.4 is 11.1 Å². The van der Waals surface area contributed by atoms with Gasteiger partial charge in [-0.1, -0.05) is 0 Å². The molecule has 0 aliphatic rings. The summed E-state index contributed by atoms with van der Waals surface area (Å²) in [4.78, 5) is 21.6. The number of nitrogens with two attached hydrogens (primary N) is 1. The Kier molecular flexibility index (Phi) is 8.21. The molecule has 0 bridgehead atoms. The second-order valence-electron chi connectivity index (χ2n) is 3.43. The summed E-state index contributed by atoms with van der Waals surface area (Å²) in [6.45, 7) is 0.437. The van der Waals surface area contributed by atoms with E-state index in [1.54, 1.807) is 0 Å². The Morgan fingerprint density at radius 3 is 2.17 bits per heavy atom. The van der Waals surface area contributed by atoms with Gasteiger partial charge < -0.3 is 24.3 Å². The van der Waals surface area contributed by atoms with Crippen LogP contribution in [0.2, 0.25) is 6.04 Å². The highest BCUT2D eigenvalue weighted by molar-refractivity contribution is 6.60. The van der Waals surface area contributed by atoms with Crippen molar-refractivity contribution in [2.45, 2.75) is 12.5 Å². The highest BCUT2D eigenvalue weighted by Crippen LogP contribution is 2.14. The average Bonchev–Trinajstić information content (AvgIpc) is 2.37. The minimum absolute atomic E-state index is 0.367. The van der Waals surface area contributed by atoms with Gasteiger partial charge in [-0.2, -0.15) is 0 Å². The van der Waals surface area contributed by atoms with Gasteiger partial charge in [0.25, 0.3) is 0 Å². The van der Waals surface area contributed by atoms with E-state index in [2.05, 4.69) is 5.32 Å². The van der Waals surface area contributed by atoms with Crippen LogP contribution in [0.3, 0.4) is 0 Å². The number of amides is 2. The predicted molar refractivity (Wildman–Crippen MR) is 67.5 cm³/mol. The number of primary amides is 1. The molecule has 0 atom stereocenters. The molecular formula is C10H20N2O5Si. The van der Waals surface area contributed by atoms with Crippen LogP contribution in [0, 0.1) is 0 Å². The lowest BCUT2D eigenvalue weighted by atomic mass is 10.4. The van der Waals surface area contributed by atoms with Gasteiger partial charge in [-0.3, -0.25) is 9.59 Å². The van der Waals surface area contributed by atoms with Crippen molar-refractivity contribution in [2.24, 2.45) is 5.73 Å². The quantitative estimate of drug-likeness (QED) is 0.333. The Morgan fingerprint density at radius 1 is 1.17 bits per heavy atom. The molecule has 0 rings (SSSR count). The summed E-state index contributed by atoms with van der Waals surface area (Å²) in [6, 6.07) is 0.594. The summed E-state index contributed by atoms with van der Waals surface area (Å²) in [6.07, 6.45) is 2.75. The standard InChI is InChI=1S/C10H20N2O5Si/c1-15-18(16-2,17-3)8-4-7-12-10(14)6-5-9(11)13/h5-6H,4,7-8H2,1-3H3,(H2,11,13)(H,12,14)/b6-5-. The Hall–Kier alpha value is -1.22. The van der Waals surface area contributed by atoms with Crippen LogP contribution in [0.5, 0.6) is 0 Å². The average molecular weight is 276 g/mol. The molecule has 8 heteroatoms. The summed E-state index contributed by atoms with van der Waals surface area (Å²) in [5.74, 6) is -1.02. The Morgan fingerprint density at radius 2 is 1.72 bits per heavy atom. The second-order valence-corrected chi connectivity index (χ2v) is 6.52. The Bertz CT molecular complexity index is 296. The molecule has 0 radical (unpaired) electrons. The van der Waals surface area contributed by atoms with Crippen LogP contribution in [0.25, 0.3) is 0 Å². The topological polar surface area (TPSA) is 99.9 Å². The summed E-state index contributed by atoms with van der Waals surface area (Å²) in [5, 5.41) is 2.60. The molecular weight excluding hydrogens is 256 g/mol. The van der Waals surface area contributed by atoms with E-state index >= 15 is 0 Å². The van der Waals surface area contributed by atoms with Gasteiger partial charge in [0.15, 0.2) is 0 Å². The SMILES string of the molecule is CO[Si](CCCNC(=O)/C=C\C(N)=O)(OC)OC. The van der Waals surface area contributed by atoms with E-state index in [-0.39, 0.29) is 5.91 Å². The van der Waals surface area contributed by atoms with E-state index in [4.69, 9.17) is 19.0 Å². The Labute approximate surface area is 108 Å². The number of carbonyl (C=O) groups excluding carboxylic acids is 2. The van der Waals surface area contributed by atoms with E-state index in [1.165, 1.54) is 21.3 Å². The summed E-state index contributed by atoms with van der Waals surface area (Å²) in [7, 11) is 2.04. The molecule has 0 saturated carbocycles. The van der Waals surface area contributed by atoms with Crippen LogP contribution in [0.1, 0.15) is 6.42 Å². The molecule has 0 saturated heterocycles. The van der Waals surface area contributed by atoms with Gasteiger partial charge >= 0.3 is 8.80 Å². The smallest absolute Gasteiger partial charge is 0.377 e.